The van der Waals surface area contributed by atoms with Crippen LogP contribution < -0.4 is 4.72 Å². The van der Waals surface area contributed by atoms with Gasteiger partial charge in [-0.2, -0.15) is 0 Å². The number of aliphatic imine (C=N–C) groups is 1. The molecule has 1 heterocycles. The van der Waals surface area contributed by atoms with Crippen LogP contribution in [0.3, 0.4) is 0 Å². The summed E-state index contributed by atoms with van der Waals surface area (Å²) in [5.74, 6) is -0.461. The normalized spacial score (nSPS) is 15.9. The maximum Gasteiger partial charge on any atom is 0.363 e. The number of hydrogen-bond donors (Lipinski definition) is 1. The molecule has 1 N–H and O–H groups in total. The van der Waals surface area contributed by atoms with Crippen LogP contribution in [0.25, 0.3) is 6.08 Å². The molecule has 27 heavy (non-hydrogen) atoms. The standard InChI is InChI=1S/C19H17ClN2O4S/c1-12(2)22-27(24,25)16-8-6-14(7-9-16)18-21-17(19(23)26-18)11-13-4-3-5-15(20)10-13/h3-12,22H,1-2H3/b17-11-. The van der Waals surface area contributed by atoms with E-state index in [0.717, 1.165) is 5.56 Å². The van der Waals surface area contributed by atoms with Crippen LogP contribution in [0.2, 0.25) is 5.02 Å². The molecule has 1 aliphatic heterocycles. The maximum absolute atomic E-state index is 12.2. The third kappa shape index (κ3) is 4.63. The molecule has 0 fully saturated rings. The minimum Gasteiger partial charge on any atom is -0.402 e. The molecule has 2 aromatic rings. The third-order valence-corrected chi connectivity index (χ3v) is 5.48. The van der Waals surface area contributed by atoms with E-state index in [1.165, 1.54) is 12.1 Å². The number of carbonyl (C=O) groups is 1. The van der Waals surface area contributed by atoms with Gasteiger partial charge in [0.05, 0.1) is 4.90 Å². The van der Waals surface area contributed by atoms with Crippen LogP contribution in [-0.4, -0.2) is 26.3 Å². The van der Waals surface area contributed by atoms with Crippen molar-refractivity contribution in [2.24, 2.45) is 4.99 Å². The molecule has 1 aliphatic rings. The summed E-state index contributed by atoms with van der Waals surface area (Å²) in [6.07, 6.45) is 1.58. The average molecular weight is 405 g/mol. The van der Waals surface area contributed by atoms with Crippen LogP contribution in [0.15, 0.2) is 64.1 Å². The summed E-state index contributed by atoms with van der Waals surface area (Å²) in [6, 6.07) is 12.8. The van der Waals surface area contributed by atoms with Crippen molar-refractivity contribution in [2.75, 3.05) is 0 Å². The molecule has 140 valence electrons. The van der Waals surface area contributed by atoms with Gasteiger partial charge in [0.25, 0.3) is 0 Å². The van der Waals surface area contributed by atoms with Crippen molar-refractivity contribution in [3.05, 3.63) is 70.4 Å². The molecule has 0 atom stereocenters. The van der Waals surface area contributed by atoms with E-state index < -0.39 is 16.0 Å². The summed E-state index contributed by atoms with van der Waals surface area (Å²) in [7, 11) is -3.59. The fourth-order valence-corrected chi connectivity index (χ4v) is 3.89. The van der Waals surface area contributed by atoms with E-state index in [2.05, 4.69) is 9.71 Å². The lowest BCUT2D eigenvalue weighted by Crippen LogP contribution is -2.30. The molecule has 0 unspecified atom stereocenters. The Labute approximate surface area is 162 Å². The number of esters is 1. The number of nitrogens with zero attached hydrogens (tertiary/aromatic N) is 1. The molecule has 6 nitrogen and oxygen atoms in total. The van der Waals surface area contributed by atoms with Crippen molar-refractivity contribution in [3.8, 4) is 0 Å². The first-order valence-electron chi connectivity index (χ1n) is 8.15. The zero-order chi connectivity index (χ0) is 19.6. The predicted octanol–water partition coefficient (Wildman–Crippen LogP) is 3.37. The highest BCUT2D eigenvalue weighted by Crippen LogP contribution is 2.21. The fraction of sp³-hybridized carbons (Fsp3) is 0.158. The average Bonchev–Trinajstić information content (AvgIpc) is 2.95. The van der Waals surface area contributed by atoms with Crippen molar-refractivity contribution in [1.29, 1.82) is 0 Å². The lowest BCUT2D eigenvalue weighted by molar-refractivity contribution is -0.129. The Bertz CT molecular complexity index is 1040. The molecular weight excluding hydrogens is 388 g/mol. The van der Waals surface area contributed by atoms with Gasteiger partial charge in [0, 0.05) is 16.6 Å². The van der Waals surface area contributed by atoms with Crippen molar-refractivity contribution < 1.29 is 17.9 Å². The van der Waals surface area contributed by atoms with Crippen LogP contribution in [-0.2, 0) is 19.6 Å². The number of rotatable bonds is 5. The van der Waals surface area contributed by atoms with Gasteiger partial charge in [-0.05, 0) is 61.9 Å². The Kier molecular flexibility index (Phi) is 5.46. The van der Waals surface area contributed by atoms with Gasteiger partial charge in [0.1, 0.15) is 0 Å². The zero-order valence-corrected chi connectivity index (χ0v) is 16.2. The second kappa shape index (κ2) is 7.64. The van der Waals surface area contributed by atoms with E-state index in [1.54, 1.807) is 56.3 Å². The van der Waals surface area contributed by atoms with E-state index in [-0.39, 0.29) is 22.5 Å². The highest BCUT2D eigenvalue weighted by atomic mass is 35.5. The topological polar surface area (TPSA) is 84.8 Å². The van der Waals surface area contributed by atoms with Gasteiger partial charge in [-0.1, -0.05) is 23.7 Å². The summed E-state index contributed by atoms with van der Waals surface area (Å²) in [5, 5.41) is 0.548. The predicted molar refractivity (Wildman–Crippen MR) is 104 cm³/mol. The monoisotopic (exact) mass is 404 g/mol. The number of nitrogens with one attached hydrogen (secondary N) is 1. The first-order chi connectivity index (χ1) is 12.7. The Morgan fingerprint density at radius 1 is 1.15 bits per heavy atom. The second-order valence-electron chi connectivity index (χ2n) is 6.19. The Balaban J connectivity index is 1.86. The number of ether oxygens (including phenoxy) is 1. The molecule has 0 saturated carbocycles. The summed E-state index contributed by atoms with van der Waals surface area (Å²) in [5.41, 5.74) is 1.37. The summed E-state index contributed by atoms with van der Waals surface area (Å²) >= 11 is 5.94. The number of cyclic esters (lactones) is 1. The fourth-order valence-electron chi connectivity index (χ4n) is 2.44. The molecule has 0 aliphatic carbocycles. The van der Waals surface area contributed by atoms with Gasteiger partial charge in [0.15, 0.2) is 5.70 Å². The molecule has 3 rings (SSSR count). The van der Waals surface area contributed by atoms with Crippen LogP contribution >= 0.6 is 11.6 Å². The molecule has 0 amide bonds. The van der Waals surface area contributed by atoms with Crippen molar-refractivity contribution >= 4 is 39.6 Å². The van der Waals surface area contributed by atoms with Crippen LogP contribution in [0.4, 0.5) is 0 Å². The molecule has 8 heteroatoms. The largest absolute Gasteiger partial charge is 0.402 e. The first kappa shape index (κ1) is 19.3. The highest BCUT2D eigenvalue weighted by molar-refractivity contribution is 7.89. The minimum absolute atomic E-state index is 0.119. The molecule has 0 spiro atoms. The summed E-state index contributed by atoms with van der Waals surface area (Å²) in [6.45, 7) is 3.48. The Morgan fingerprint density at radius 2 is 1.85 bits per heavy atom. The van der Waals surface area contributed by atoms with Crippen LogP contribution in [0, 0.1) is 0 Å². The van der Waals surface area contributed by atoms with Gasteiger partial charge in [-0.3, -0.25) is 0 Å². The van der Waals surface area contributed by atoms with E-state index >= 15 is 0 Å². The van der Waals surface area contributed by atoms with Gasteiger partial charge in [-0.25, -0.2) is 22.9 Å². The summed E-state index contributed by atoms with van der Waals surface area (Å²) in [4.78, 5) is 16.4. The lowest BCUT2D eigenvalue weighted by atomic mass is 10.2. The quantitative estimate of drug-likeness (QED) is 0.611. The number of sulfonamides is 1. The number of benzene rings is 2. The minimum atomic E-state index is -3.59. The van der Waals surface area contributed by atoms with Crippen LogP contribution in [0.1, 0.15) is 25.0 Å². The van der Waals surface area contributed by atoms with E-state index in [9.17, 15) is 13.2 Å². The first-order valence-corrected chi connectivity index (χ1v) is 10.0. The summed E-state index contributed by atoms with van der Waals surface area (Å²) < 4.78 is 32.0. The van der Waals surface area contributed by atoms with Gasteiger partial charge in [0.2, 0.25) is 15.9 Å². The van der Waals surface area contributed by atoms with E-state index in [1.807, 2.05) is 0 Å². The maximum atomic E-state index is 12.2. The second-order valence-corrected chi connectivity index (χ2v) is 8.34. The Hall–Kier alpha value is -2.48. The molecule has 0 saturated heterocycles. The molecule has 0 bridgehead atoms. The van der Waals surface area contributed by atoms with Gasteiger partial charge < -0.3 is 4.74 Å². The van der Waals surface area contributed by atoms with Crippen molar-refractivity contribution in [2.45, 2.75) is 24.8 Å². The number of carbonyl (C=O) groups excluding carboxylic acids is 1. The molecule has 0 radical (unpaired) electrons. The van der Waals surface area contributed by atoms with E-state index in [0.29, 0.717) is 10.6 Å². The van der Waals surface area contributed by atoms with Crippen molar-refractivity contribution in [3.63, 3.8) is 0 Å². The smallest absolute Gasteiger partial charge is 0.363 e. The van der Waals surface area contributed by atoms with Gasteiger partial charge in [-0.15, -0.1) is 0 Å². The molecule has 2 aromatic carbocycles. The Morgan fingerprint density at radius 3 is 2.48 bits per heavy atom. The third-order valence-electron chi connectivity index (χ3n) is 3.57. The molecular formula is C19H17ClN2O4S. The SMILES string of the molecule is CC(C)NS(=O)(=O)c1ccc(C2=N/C(=C\c3cccc(Cl)c3)C(=O)O2)cc1. The van der Waals surface area contributed by atoms with Crippen molar-refractivity contribution in [1.82, 2.24) is 4.72 Å². The number of halogens is 1. The molecule has 0 aromatic heterocycles. The number of hydrogen-bond acceptors (Lipinski definition) is 5. The van der Waals surface area contributed by atoms with Crippen LogP contribution in [0.5, 0.6) is 0 Å². The van der Waals surface area contributed by atoms with Gasteiger partial charge >= 0.3 is 5.97 Å². The lowest BCUT2D eigenvalue weighted by Gasteiger charge is -2.09. The zero-order valence-electron chi connectivity index (χ0n) is 14.6. The van der Waals surface area contributed by atoms with E-state index in [4.69, 9.17) is 16.3 Å². The highest BCUT2D eigenvalue weighted by Gasteiger charge is 2.24.